The van der Waals surface area contributed by atoms with Crippen molar-refractivity contribution in [1.29, 1.82) is 0 Å². The average molecular weight is 398 g/mol. The van der Waals surface area contributed by atoms with Gasteiger partial charge < -0.3 is 18.9 Å². The van der Waals surface area contributed by atoms with E-state index in [4.69, 9.17) is 18.5 Å². The summed E-state index contributed by atoms with van der Waals surface area (Å²) in [6.45, 7) is 6.45. The average Bonchev–Trinajstić information content (AvgIpc) is 2.47. The summed E-state index contributed by atoms with van der Waals surface area (Å²) in [5, 5.41) is 0. The number of hydrogen-bond acceptors (Lipinski definition) is 7. The van der Waals surface area contributed by atoms with Gasteiger partial charge in [-0.15, -0.1) is 0 Å². The minimum Gasteiger partial charge on any atom is -0.461 e. The predicted molar refractivity (Wildman–Crippen MR) is 95.1 cm³/mol. The molecule has 1 N–H and O–H groups in total. The maximum Gasteiger partial charge on any atom is 0.472 e. The van der Waals surface area contributed by atoms with E-state index in [9.17, 15) is 19.0 Å². The zero-order valence-corrected chi connectivity index (χ0v) is 17.7. The van der Waals surface area contributed by atoms with Gasteiger partial charge in [0.2, 0.25) is 0 Å². The second-order valence-electron chi connectivity index (χ2n) is 7.61. The van der Waals surface area contributed by atoms with Gasteiger partial charge in [-0.3, -0.25) is 18.6 Å². The van der Waals surface area contributed by atoms with Gasteiger partial charge in [0.1, 0.15) is 19.8 Å². The van der Waals surface area contributed by atoms with Crippen molar-refractivity contribution in [2.24, 2.45) is 11.8 Å². The van der Waals surface area contributed by atoms with E-state index in [0.29, 0.717) is 11.0 Å². The summed E-state index contributed by atoms with van der Waals surface area (Å²) in [6, 6.07) is 0. The summed E-state index contributed by atoms with van der Waals surface area (Å²) in [4.78, 5) is 33.0. The molecule has 0 fully saturated rings. The van der Waals surface area contributed by atoms with Gasteiger partial charge in [-0.25, -0.2) is 4.57 Å². The summed E-state index contributed by atoms with van der Waals surface area (Å²) in [6.07, 6.45) is -1.00. The van der Waals surface area contributed by atoms with Crippen LogP contribution in [0.3, 0.4) is 0 Å². The minimum absolute atomic E-state index is 0.0239. The number of carbonyl (C=O) groups excluding carboxylic acids is 2. The molecule has 10 heteroatoms. The first-order valence-corrected chi connectivity index (χ1v) is 10.0. The lowest BCUT2D eigenvalue weighted by Crippen LogP contribution is -2.37. The van der Waals surface area contributed by atoms with E-state index >= 15 is 0 Å². The number of esters is 2. The summed E-state index contributed by atoms with van der Waals surface area (Å²) in [7, 11) is 1.43. The molecule has 0 aromatic carbocycles. The molecule has 0 amide bonds. The number of quaternary nitrogens is 1. The van der Waals surface area contributed by atoms with Crippen molar-refractivity contribution in [2.75, 3.05) is 47.5 Å². The molecule has 0 aromatic heterocycles. The minimum atomic E-state index is -4.31. The van der Waals surface area contributed by atoms with Crippen molar-refractivity contribution in [3.05, 3.63) is 0 Å². The van der Waals surface area contributed by atoms with Crippen LogP contribution in [-0.4, -0.2) is 74.9 Å². The van der Waals surface area contributed by atoms with Gasteiger partial charge in [-0.2, -0.15) is 0 Å². The quantitative estimate of drug-likeness (QED) is 0.300. The van der Waals surface area contributed by atoms with E-state index in [1.807, 2.05) is 21.1 Å². The fraction of sp³-hybridized carbons (Fsp3) is 0.875. The van der Waals surface area contributed by atoms with Gasteiger partial charge in [0.25, 0.3) is 0 Å². The Bertz CT molecular complexity index is 501. The standard InChI is InChI=1S/C16H32NO8P/c1-12(2)15(18)22-10-14(25-16(19)13(3)4)11-24-26(20,21)23-9-8-17(5,6)7/h12-14H,8-11H2,1-7H3/p+1/t14-/m0/s1. The van der Waals surface area contributed by atoms with Gasteiger partial charge in [-0.05, 0) is 0 Å². The van der Waals surface area contributed by atoms with Crippen LogP contribution in [-0.2, 0) is 32.7 Å². The van der Waals surface area contributed by atoms with Gasteiger partial charge in [0, 0.05) is 0 Å². The fourth-order valence-electron chi connectivity index (χ4n) is 1.40. The molecule has 0 bridgehead atoms. The summed E-state index contributed by atoms with van der Waals surface area (Å²) in [5.74, 6) is -1.75. The highest BCUT2D eigenvalue weighted by Gasteiger charge is 2.27. The third-order valence-corrected chi connectivity index (χ3v) is 4.06. The Morgan fingerprint density at radius 1 is 0.962 bits per heavy atom. The van der Waals surface area contributed by atoms with Gasteiger partial charge in [-0.1, -0.05) is 27.7 Å². The van der Waals surface area contributed by atoms with Crippen LogP contribution >= 0.6 is 7.82 Å². The van der Waals surface area contributed by atoms with Crippen LogP contribution in [0, 0.1) is 11.8 Å². The molecule has 0 aromatic rings. The predicted octanol–water partition coefficient (Wildman–Crippen LogP) is 1.59. The second kappa shape index (κ2) is 11.0. The summed E-state index contributed by atoms with van der Waals surface area (Å²) < 4.78 is 32.5. The van der Waals surface area contributed by atoms with E-state index in [1.165, 1.54) is 0 Å². The number of rotatable bonds is 12. The summed E-state index contributed by atoms with van der Waals surface area (Å²) >= 11 is 0. The van der Waals surface area contributed by atoms with Crippen molar-refractivity contribution in [3.63, 3.8) is 0 Å². The molecular formula is C16H33NO8P+. The number of phosphoric acid groups is 1. The largest absolute Gasteiger partial charge is 0.472 e. The zero-order valence-electron chi connectivity index (χ0n) is 16.8. The van der Waals surface area contributed by atoms with E-state index in [-0.39, 0.29) is 19.1 Å². The highest BCUT2D eigenvalue weighted by molar-refractivity contribution is 7.47. The molecule has 0 saturated carbocycles. The molecule has 0 rings (SSSR count). The van der Waals surface area contributed by atoms with E-state index in [1.54, 1.807) is 27.7 Å². The van der Waals surface area contributed by atoms with Gasteiger partial charge in [0.15, 0.2) is 6.10 Å². The highest BCUT2D eigenvalue weighted by Crippen LogP contribution is 2.43. The van der Waals surface area contributed by atoms with Crippen LogP contribution < -0.4 is 0 Å². The van der Waals surface area contributed by atoms with Crippen LogP contribution in [0.5, 0.6) is 0 Å². The number of carbonyl (C=O) groups is 2. The van der Waals surface area contributed by atoms with Crippen LogP contribution in [0.4, 0.5) is 0 Å². The lowest BCUT2D eigenvalue weighted by Gasteiger charge is -2.24. The molecule has 0 aliphatic heterocycles. The van der Waals surface area contributed by atoms with Crippen LogP contribution in [0.1, 0.15) is 27.7 Å². The Kier molecular flexibility index (Phi) is 10.6. The molecule has 2 atom stereocenters. The number of phosphoric ester groups is 1. The Hall–Kier alpha value is -0.990. The van der Waals surface area contributed by atoms with Crippen LogP contribution in [0.25, 0.3) is 0 Å². The van der Waals surface area contributed by atoms with Crippen molar-refractivity contribution in [1.82, 2.24) is 0 Å². The first-order valence-electron chi connectivity index (χ1n) is 8.53. The molecule has 0 heterocycles. The SMILES string of the molecule is CC(C)C(=O)OC[C@@H](COP(=O)(O)OCC[N+](C)(C)C)OC(=O)C(C)C. The molecule has 1 unspecified atom stereocenters. The lowest BCUT2D eigenvalue weighted by atomic mass is 10.2. The monoisotopic (exact) mass is 398 g/mol. The summed E-state index contributed by atoms with van der Waals surface area (Å²) in [5.41, 5.74) is 0. The highest BCUT2D eigenvalue weighted by atomic mass is 31.2. The third kappa shape index (κ3) is 12.4. The van der Waals surface area contributed by atoms with Crippen LogP contribution in [0.2, 0.25) is 0 Å². The number of nitrogens with zero attached hydrogens (tertiary/aromatic N) is 1. The van der Waals surface area contributed by atoms with Gasteiger partial charge in [0.05, 0.1) is 39.6 Å². The van der Waals surface area contributed by atoms with Crippen molar-refractivity contribution < 1.29 is 42.1 Å². The Morgan fingerprint density at radius 2 is 1.50 bits per heavy atom. The third-order valence-electron chi connectivity index (χ3n) is 3.08. The Morgan fingerprint density at radius 3 is 1.96 bits per heavy atom. The number of likely N-dealkylation sites (N-methyl/N-ethyl adjacent to an activating group) is 1. The van der Waals surface area contributed by atoms with E-state index < -0.39 is 38.4 Å². The molecule has 9 nitrogen and oxygen atoms in total. The van der Waals surface area contributed by atoms with E-state index in [2.05, 4.69) is 0 Å². The molecule has 154 valence electrons. The maximum atomic E-state index is 11.9. The molecule has 0 aliphatic carbocycles. The maximum absolute atomic E-state index is 11.9. The normalized spacial score (nSPS) is 15.6. The van der Waals surface area contributed by atoms with Crippen molar-refractivity contribution >= 4 is 19.8 Å². The first-order chi connectivity index (χ1) is 11.7. The molecule has 0 saturated heterocycles. The number of ether oxygens (including phenoxy) is 2. The zero-order chi connectivity index (χ0) is 20.5. The first kappa shape index (κ1) is 25.0. The smallest absolute Gasteiger partial charge is 0.461 e. The van der Waals surface area contributed by atoms with E-state index in [0.717, 1.165) is 0 Å². The van der Waals surface area contributed by atoms with Crippen molar-refractivity contribution in [2.45, 2.75) is 33.8 Å². The molecule has 0 radical (unpaired) electrons. The fourth-order valence-corrected chi connectivity index (χ4v) is 2.14. The molecular weight excluding hydrogens is 365 g/mol. The lowest BCUT2D eigenvalue weighted by molar-refractivity contribution is -0.870. The Balaban J connectivity index is 4.65. The van der Waals surface area contributed by atoms with Crippen LogP contribution in [0.15, 0.2) is 0 Å². The Labute approximate surface area is 155 Å². The van der Waals surface area contributed by atoms with Crippen molar-refractivity contribution in [3.8, 4) is 0 Å². The molecule has 0 aliphatic rings. The topological polar surface area (TPSA) is 108 Å². The molecule has 26 heavy (non-hydrogen) atoms. The number of hydrogen-bond donors (Lipinski definition) is 1. The second-order valence-corrected chi connectivity index (χ2v) is 9.06. The van der Waals surface area contributed by atoms with Gasteiger partial charge >= 0.3 is 19.8 Å². The molecule has 0 spiro atoms.